The van der Waals surface area contributed by atoms with Gasteiger partial charge in [0.25, 0.3) is 0 Å². The highest BCUT2D eigenvalue weighted by Gasteiger charge is 2.39. The van der Waals surface area contributed by atoms with Gasteiger partial charge in [0.05, 0.1) is 20.0 Å². The van der Waals surface area contributed by atoms with E-state index in [1.54, 1.807) is 13.4 Å². The molecule has 4 rings (SSSR count). The standard InChI is InChI=1S/C25H32N2O5/c1-30-20-6-8-21(9-7-20)32-18-19-4-2-14-27(17-19)24(29)11-13-25(12-10-23(28)26-25)16-22-5-3-15-31-22/h3,5-9,15,19H,2,4,10-14,16-18H2,1H3,(H,26,28)/t19-,25-/m0/s1. The van der Waals surface area contributed by atoms with Crippen LogP contribution in [0.15, 0.2) is 47.1 Å². The number of methoxy groups -OCH3 is 1. The second-order valence-electron chi connectivity index (χ2n) is 8.92. The number of piperidine rings is 1. The number of benzene rings is 1. The van der Waals surface area contributed by atoms with Crippen LogP contribution in [0.5, 0.6) is 11.5 Å². The van der Waals surface area contributed by atoms with Crippen molar-refractivity contribution in [2.24, 2.45) is 5.92 Å². The van der Waals surface area contributed by atoms with E-state index in [1.165, 1.54) is 0 Å². The number of carbonyl (C=O) groups is 2. The predicted molar refractivity (Wildman–Crippen MR) is 120 cm³/mol. The predicted octanol–water partition coefficient (Wildman–Crippen LogP) is 3.58. The molecule has 7 heteroatoms. The van der Waals surface area contributed by atoms with E-state index in [4.69, 9.17) is 13.9 Å². The van der Waals surface area contributed by atoms with Crippen molar-refractivity contribution in [3.8, 4) is 11.5 Å². The molecule has 1 N–H and O–H groups in total. The monoisotopic (exact) mass is 440 g/mol. The van der Waals surface area contributed by atoms with Gasteiger partial charge in [-0.1, -0.05) is 0 Å². The van der Waals surface area contributed by atoms with Crippen LogP contribution >= 0.6 is 0 Å². The Labute approximate surface area is 189 Å². The third-order valence-electron chi connectivity index (χ3n) is 6.56. The van der Waals surface area contributed by atoms with Gasteiger partial charge in [-0.25, -0.2) is 0 Å². The minimum absolute atomic E-state index is 0.0534. The Bertz CT molecular complexity index is 896. The molecule has 2 fully saturated rings. The molecule has 2 amide bonds. The summed E-state index contributed by atoms with van der Waals surface area (Å²) in [5, 5.41) is 3.12. The van der Waals surface area contributed by atoms with Crippen LogP contribution < -0.4 is 14.8 Å². The zero-order chi connectivity index (χ0) is 22.4. The fraction of sp³-hybridized carbons (Fsp3) is 0.520. The smallest absolute Gasteiger partial charge is 0.222 e. The Hall–Kier alpha value is -2.96. The summed E-state index contributed by atoms with van der Waals surface area (Å²) >= 11 is 0. The zero-order valence-corrected chi connectivity index (χ0v) is 18.7. The first-order chi connectivity index (χ1) is 15.5. The number of rotatable bonds is 9. The molecule has 2 aliphatic heterocycles. The zero-order valence-electron chi connectivity index (χ0n) is 18.7. The summed E-state index contributed by atoms with van der Waals surface area (Å²) in [6.07, 6.45) is 6.59. The fourth-order valence-corrected chi connectivity index (χ4v) is 4.75. The van der Waals surface area contributed by atoms with Gasteiger partial charge in [-0.15, -0.1) is 0 Å². The molecule has 0 bridgehead atoms. The van der Waals surface area contributed by atoms with E-state index in [9.17, 15) is 9.59 Å². The number of furan rings is 1. The summed E-state index contributed by atoms with van der Waals surface area (Å²) in [5.41, 5.74) is -0.392. The van der Waals surface area contributed by atoms with Gasteiger partial charge in [-0.2, -0.15) is 0 Å². The van der Waals surface area contributed by atoms with E-state index in [1.807, 2.05) is 41.3 Å². The number of ether oxygens (including phenoxy) is 2. The molecule has 1 aromatic carbocycles. The van der Waals surface area contributed by atoms with Gasteiger partial charge >= 0.3 is 0 Å². The van der Waals surface area contributed by atoms with Gasteiger partial charge in [0.1, 0.15) is 17.3 Å². The average molecular weight is 441 g/mol. The Morgan fingerprint density at radius 1 is 1.25 bits per heavy atom. The lowest BCUT2D eigenvalue weighted by Crippen LogP contribution is -2.46. The Morgan fingerprint density at radius 2 is 2.06 bits per heavy atom. The summed E-state index contributed by atoms with van der Waals surface area (Å²) < 4.78 is 16.6. The molecule has 0 unspecified atom stereocenters. The molecule has 2 saturated heterocycles. The molecule has 2 aliphatic rings. The van der Waals surface area contributed by atoms with Crippen LogP contribution in [0.2, 0.25) is 0 Å². The molecular weight excluding hydrogens is 408 g/mol. The first-order valence-electron chi connectivity index (χ1n) is 11.4. The van der Waals surface area contributed by atoms with E-state index in [0.717, 1.165) is 43.1 Å². The highest BCUT2D eigenvalue weighted by molar-refractivity contribution is 5.80. The SMILES string of the molecule is COc1ccc(OC[C@H]2CCCN(C(=O)CC[C@]3(Cc4ccco4)CCC(=O)N3)C2)cc1. The number of hydrogen-bond donors (Lipinski definition) is 1. The van der Waals surface area contributed by atoms with Gasteiger partial charge in [-0.3, -0.25) is 9.59 Å². The molecule has 3 heterocycles. The topological polar surface area (TPSA) is 81.0 Å². The van der Waals surface area contributed by atoms with Crippen LogP contribution in [-0.4, -0.2) is 49.1 Å². The number of carbonyl (C=O) groups excluding carboxylic acids is 2. The number of nitrogens with one attached hydrogen (secondary N) is 1. The van der Waals surface area contributed by atoms with Crippen molar-refractivity contribution in [2.45, 2.75) is 50.5 Å². The van der Waals surface area contributed by atoms with Gasteiger partial charge in [0, 0.05) is 43.8 Å². The van der Waals surface area contributed by atoms with Crippen molar-refractivity contribution < 1.29 is 23.5 Å². The molecular formula is C25H32N2O5. The Balaban J connectivity index is 1.28. The third-order valence-corrected chi connectivity index (χ3v) is 6.56. The van der Waals surface area contributed by atoms with Crippen molar-refractivity contribution in [2.75, 3.05) is 26.8 Å². The maximum absolute atomic E-state index is 13.0. The molecule has 7 nitrogen and oxygen atoms in total. The first kappa shape index (κ1) is 22.2. The Morgan fingerprint density at radius 3 is 2.75 bits per heavy atom. The highest BCUT2D eigenvalue weighted by atomic mass is 16.5. The number of likely N-dealkylation sites (tertiary alicyclic amines) is 1. The molecule has 0 spiro atoms. The van der Waals surface area contributed by atoms with Crippen molar-refractivity contribution >= 4 is 11.8 Å². The largest absolute Gasteiger partial charge is 0.497 e. The van der Waals surface area contributed by atoms with Crippen molar-refractivity contribution in [1.29, 1.82) is 0 Å². The normalized spacial score (nSPS) is 23.1. The van der Waals surface area contributed by atoms with E-state index in [-0.39, 0.29) is 11.8 Å². The highest BCUT2D eigenvalue weighted by Crippen LogP contribution is 2.30. The van der Waals surface area contributed by atoms with Crippen LogP contribution in [0.1, 0.15) is 44.3 Å². The average Bonchev–Trinajstić information content (AvgIpc) is 3.46. The summed E-state index contributed by atoms with van der Waals surface area (Å²) in [7, 11) is 1.64. The summed E-state index contributed by atoms with van der Waals surface area (Å²) in [6.45, 7) is 2.09. The minimum atomic E-state index is -0.392. The second kappa shape index (κ2) is 10.1. The summed E-state index contributed by atoms with van der Waals surface area (Å²) in [5.74, 6) is 2.98. The van der Waals surface area contributed by atoms with Crippen LogP contribution in [-0.2, 0) is 16.0 Å². The van der Waals surface area contributed by atoms with E-state index in [2.05, 4.69) is 5.32 Å². The quantitative estimate of drug-likeness (QED) is 0.645. The van der Waals surface area contributed by atoms with Gasteiger partial charge in [-0.05, 0) is 62.1 Å². The van der Waals surface area contributed by atoms with Crippen molar-refractivity contribution in [1.82, 2.24) is 10.2 Å². The lowest BCUT2D eigenvalue weighted by molar-refractivity contribution is -0.134. The van der Waals surface area contributed by atoms with Crippen LogP contribution in [0.4, 0.5) is 0 Å². The molecule has 0 aliphatic carbocycles. The van der Waals surface area contributed by atoms with Crippen molar-refractivity contribution in [3.63, 3.8) is 0 Å². The third kappa shape index (κ3) is 5.64. The van der Waals surface area contributed by atoms with Gasteiger partial charge in [0.15, 0.2) is 0 Å². The molecule has 172 valence electrons. The van der Waals surface area contributed by atoms with Crippen molar-refractivity contribution in [3.05, 3.63) is 48.4 Å². The molecule has 1 aromatic heterocycles. The summed E-state index contributed by atoms with van der Waals surface area (Å²) in [6, 6.07) is 11.3. The number of amides is 2. The van der Waals surface area contributed by atoms with Crippen LogP contribution in [0, 0.1) is 5.92 Å². The van der Waals surface area contributed by atoms with E-state index < -0.39 is 5.54 Å². The Kier molecular flexibility index (Phi) is 7.02. The summed E-state index contributed by atoms with van der Waals surface area (Å²) in [4.78, 5) is 26.9. The van der Waals surface area contributed by atoms with Gasteiger partial charge < -0.3 is 24.1 Å². The maximum Gasteiger partial charge on any atom is 0.222 e. The lowest BCUT2D eigenvalue weighted by Gasteiger charge is -2.34. The fourth-order valence-electron chi connectivity index (χ4n) is 4.75. The van der Waals surface area contributed by atoms with E-state index >= 15 is 0 Å². The molecule has 0 saturated carbocycles. The first-order valence-corrected chi connectivity index (χ1v) is 11.4. The van der Waals surface area contributed by atoms with E-state index in [0.29, 0.717) is 44.8 Å². The lowest BCUT2D eigenvalue weighted by atomic mass is 9.86. The minimum Gasteiger partial charge on any atom is -0.497 e. The maximum atomic E-state index is 13.0. The van der Waals surface area contributed by atoms with Crippen LogP contribution in [0.3, 0.4) is 0 Å². The molecule has 32 heavy (non-hydrogen) atoms. The molecule has 2 atom stereocenters. The second-order valence-corrected chi connectivity index (χ2v) is 8.92. The number of hydrogen-bond acceptors (Lipinski definition) is 5. The molecule has 2 aromatic rings. The number of nitrogens with zero attached hydrogens (tertiary/aromatic N) is 1. The van der Waals surface area contributed by atoms with Crippen LogP contribution in [0.25, 0.3) is 0 Å². The molecule has 0 radical (unpaired) electrons. The van der Waals surface area contributed by atoms with Gasteiger partial charge in [0.2, 0.25) is 11.8 Å².